The molecule has 0 aliphatic heterocycles. The molecule has 1 atom stereocenters. The van der Waals surface area contributed by atoms with Crippen molar-refractivity contribution in [3.63, 3.8) is 0 Å². The van der Waals surface area contributed by atoms with Crippen LogP contribution in [0.3, 0.4) is 0 Å². The van der Waals surface area contributed by atoms with Gasteiger partial charge in [0, 0.05) is 28.3 Å². The molecule has 0 spiro atoms. The minimum absolute atomic E-state index is 0.111. The molecule has 0 N–H and O–H groups in total. The molecule has 2 aromatic rings. The summed E-state index contributed by atoms with van der Waals surface area (Å²) in [4.78, 5) is 6.57. The summed E-state index contributed by atoms with van der Waals surface area (Å²) >= 11 is 15.7. The molecule has 1 aromatic carbocycles. The molecular formula is C15H15BrCl2N2. The van der Waals surface area contributed by atoms with E-state index in [2.05, 4.69) is 32.7 Å². The van der Waals surface area contributed by atoms with Crippen molar-refractivity contribution in [1.82, 2.24) is 4.98 Å². The van der Waals surface area contributed by atoms with E-state index in [-0.39, 0.29) is 6.04 Å². The van der Waals surface area contributed by atoms with E-state index in [0.29, 0.717) is 5.88 Å². The van der Waals surface area contributed by atoms with Gasteiger partial charge in [-0.1, -0.05) is 29.8 Å². The van der Waals surface area contributed by atoms with Crippen molar-refractivity contribution in [2.45, 2.75) is 18.8 Å². The first-order valence-electron chi connectivity index (χ1n) is 6.22. The molecule has 1 heterocycles. The number of rotatable bonds is 4. The normalized spacial score (nSPS) is 12.2. The standard InChI is InChI=1S/C15H15BrCl2N2/c1-10(13-5-3-4-6-14(13)18)20(2)15-11(8-17)7-12(16)9-19-15/h3-7,9-10H,8H2,1-2H3. The summed E-state index contributed by atoms with van der Waals surface area (Å²) in [6, 6.07) is 9.95. The van der Waals surface area contributed by atoms with E-state index in [9.17, 15) is 0 Å². The van der Waals surface area contributed by atoms with Crippen LogP contribution in [-0.2, 0) is 5.88 Å². The van der Waals surface area contributed by atoms with Crippen LogP contribution in [0.1, 0.15) is 24.1 Å². The third-order valence-corrected chi connectivity index (χ3v) is 4.39. The Balaban J connectivity index is 2.36. The van der Waals surface area contributed by atoms with Gasteiger partial charge in [-0.2, -0.15) is 0 Å². The van der Waals surface area contributed by atoms with Crippen LogP contribution in [0.15, 0.2) is 41.0 Å². The van der Waals surface area contributed by atoms with Crippen LogP contribution in [0.5, 0.6) is 0 Å². The Labute approximate surface area is 137 Å². The SMILES string of the molecule is CC(c1ccccc1Cl)N(C)c1ncc(Br)cc1CCl. The van der Waals surface area contributed by atoms with Gasteiger partial charge in [-0.25, -0.2) is 4.98 Å². The van der Waals surface area contributed by atoms with Crippen LogP contribution in [0, 0.1) is 0 Å². The van der Waals surface area contributed by atoms with E-state index < -0.39 is 0 Å². The Morgan fingerprint density at radius 1 is 1.35 bits per heavy atom. The van der Waals surface area contributed by atoms with Gasteiger partial charge in [-0.05, 0) is 40.5 Å². The molecule has 0 aliphatic carbocycles. The van der Waals surface area contributed by atoms with Crippen molar-refractivity contribution in [1.29, 1.82) is 0 Å². The number of hydrogen-bond donors (Lipinski definition) is 0. The zero-order chi connectivity index (χ0) is 14.7. The molecule has 0 radical (unpaired) electrons. The highest BCUT2D eigenvalue weighted by atomic mass is 79.9. The predicted octanol–water partition coefficient (Wildman–Crippen LogP) is 5.43. The summed E-state index contributed by atoms with van der Waals surface area (Å²) in [5.41, 5.74) is 2.06. The molecule has 5 heteroatoms. The number of anilines is 1. The van der Waals surface area contributed by atoms with Crippen LogP contribution in [-0.4, -0.2) is 12.0 Å². The topological polar surface area (TPSA) is 16.1 Å². The van der Waals surface area contributed by atoms with Gasteiger partial charge in [0.2, 0.25) is 0 Å². The molecule has 2 nitrogen and oxygen atoms in total. The van der Waals surface area contributed by atoms with Crippen molar-refractivity contribution < 1.29 is 0 Å². The number of pyridine rings is 1. The van der Waals surface area contributed by atoms with Crippen molar-refractivity contribution in [2.24, 2.45) is 0 Å². The summed E-state index contributed by atoms with van der Waals surface area (Å²) in [5, 5.41) is 0.761. The highest BCUT2D eigenvalue weighted by Crippen LogP contribution is 2.31. The maximum absolute atomic E-state index is 6.27. The molecule has 0 saturated carbocycles. The molecule has 1 unspecified atom stereocenters. The van der Waals surface area contributed by atoms with Crippen LogP contribution in [0.4, 0.5) is 5.82 Å². The predicted molar refractivity (Wildman–Crippen MR) is 89.8 cm³/mol. The lowest BCUT2D eigenvalue weighted by Gasteiger charge is -2.28. The van der Waals surface area contributed by atoms with E-state index in [4.69, 9.17) is 23.2 Å². The Bertz CT molecular complexity index is 604. The first kappa shape index (κ1) is 15.6. The molecule has 0 aliphatic rings. The minimum Gasteiger partial charge on any atom is -0.353 e. The van der Waals surface area contributed by atoms with E-state index in [1.54, 1.807) is 6.20 Å². The number of aromatic nitrogens is 1. The second kappa shape index (κ2) is 6.79. The molecule has 2 rings (SSSR count). The van der Waals surface area contributed by atoms with Gasteiger partial charge in [0.15, 0.2) is 0 Å². The van der Waals surface area contributed by atoms with E-state index in [0.717, 1.165) is 26.4 Å². The highest BCUT2D eigenvalue weighted by Gasteiger charge is 2.18. The van der Waals surface area contributed by atoms with Crippen molar-refractivity contribution in [3.8, 4) is 0 Å². The molecule has 0 fully saturated rings. The fourth-order valence-corrected chi connectivity index (χ4v) is 2.96. The van der Waals surface area contributed by atoms with Crippen LogP contribution in [0.25, 0.3) is 0 Å². The van der Waals surface area contributed by atoms with Gasteiger partial charge in [0.25, 0.3) is 0 Å². The Kier molecular flexibility index (Phi) is 5.30. The second-order valence-corrected chi connectivity index (χ2v) is 6.17. The molecule has 20 heavy (non-hydrogen) atoms. The quantitative estimate of drug-likeness (QED) is 0.664. The average molecular weight is 374 g/mol. The minimum atomic E-state index is 0.111. The number of hydrogen-bond acceptors (Lipinski definition) is 2. The lowest BCUT2D eigenvalue weighted by Crippen LogP contribution is -2.24. The molecule has 0 saturated heterocycles. The van der Waals surface area contributed by atoms with Crippen LogP contribution < -0.4 is 4.90 Å². The lowest BCUT2D eigenvalue weighted by molar-refractivity contribution is 0.725. The molecule has 106 valence electrons. The summed E-state index contributed by atoms with van der Waals surface area (Å²) in [6.07, 6.45) is 1.78. The first-order chi connectivity index (χ1) is 9.54. The van der Waals surface area contributed by atoms with Crippen LogP contribution >= 0.6 is 39.1 Å². The number of benzene rings is 1. The van der Waals surface area contributed by atoms with E-state index in [1.807, 2.05) is 37.4 Å². The summed E-state index contributed by atoms with van der Waals surface area (Å²) in [7, 11) is 2.00. The zero-order valence-corrected chi connectivity index (χ0v) is 14.4. The van der Waals surface area contributed by atoms with Gasteiger partial charge in [0.1, 0.15) is 5.82 Å². The summed E-state index contributed by atoms with van der Waals surface area (Å²) < 4.78 is 0.927. The Morgan fingerprint density at radius 3 is 2.70 bits per heavy atom. The zero-order valence-electron chi connectivity index (χ0n) is 11.3. The molecule has 0 bridgehead atoms. The molecule has 1 aromatic heterocycles. The third kappa shape index (κ3) is 3.27. The number of nitrogens with zero attached hydrogens (tertiary/aromatic N) is 2. The summed E-state index contributed by atoms with van der Waals surface area (Å²) in [6.45, 7) is 2.10. The second-order valence-electron chi connectivity index (χ2n) is 4.58. The van der Waals surface area contributed by atoms with Crippen molar-refractivity contribution in [2.75, 3.05) is 11.9 Å². The van der Waals surface area contributed by atoms with Gasteiger partial charge < -0.3 is 4.90 Å². The monoisotopic (exact) mass is 372 g/mol. The van der Waals surface area contributed by atoms with Gasteiger partial charge in [-0.3, -0.25) is 0 Å². The first-order valence-corrected chi connectivity index (χ1v) is 7.92. The van der Waals surface area contributed by atoms with E-state index in [1.165, 1.54) is 0 Å². The maximum Gasteiger partial charge on any atom is 0.133 e. The van der Waals surface area contributed by atoms with Gasteiger partial charge in [-0.15, -0.1) is 11.6 Å². The van der Waals surface area contributed by atoms with Crippen molar-refractivity contribution in [3.05, 3.63) is 57.2 Å². The fourth-order valence-electron chi connectivity index (χ4n) is 2.10. The Morgan fingerprint density at radius 2 is 2.05 bits per heavy atom. The third-order valence-electron chi connectivity index (χ3n) is 3.32. The van der Waals surface area contributed by atoms with Crippen LogP contribution in [0.2, 0.25) is 5.02 Å². The average Bonchev–Trinajstić information content (AvgIpc) is 2.46. The molecular weight excluding hydrogens is 359 g/mol. The lowest BCUT2D eigenvalue weighted by atomic mass is 10.1. The number of alkyl halides is 1. The van der Waals surface area contributed by atoms with Gasteiger partial charge in [0.05, 0.1) is 11.9 Å². The fraction of sp³-hybridized carbons (Fsp3) is 0.267. The smallest absolute Gasteiger partial charge is 0.133 e. The number of halogens is 3. The highest BCUT2D eigenvalue weighted by molar-refractivity contribution is 9.10. The van der Waals surface area contributed by atoms with Crippen molar-refractivity contribution >= 4 is 44.9 Å². The summed E-state index contributed by atoms with van der Waals surface area (Å²) in [5.74, 6) is 1.29. The van der Waals surface area contributed by atoms with E-state index >= 15 is 0 Å². The Hall–Kier alpha value is -0.770. The maximum atomic E-state index is 6.27. The van der Waals surface area contributed by atoms with Gasteiger partial charge >= 0.3 is 0 Å². The molecule has 0 amide bonds. The largest absolute Gasteiger partial charge is 0.353 e.